The summed E-state index contributed by atoms with van der Waals surface area (Å²) in [5.74, 6) is 0. The zero-order valence-electron chi connectivity index (χ0n) is 8.16. The molecule has 0 fully saturated rings. The van der Waals surface area contributed by atoms with Crippen LogP contribution in [0.4, 0.5) is 0 Å². The molecule has 0 aliphatic carbocycles. The first-order valence-electron chi connectivity index (χ1n) is 2.96. The van der Waals surface area contributed by atoms with E-state index in [0.717, 1.165) is 4.88 Å². The van der Waals surface area contributed by atoms with Crippen LogP contribution >= 0.6 is 11.3 Å². The minimum atomic E-state index is -4.00. The Morgan fingerprint density at radius 3 is 2.17 bits per heavy atom. The molecule has 0 bridgehead atoms. The Balaban J connectivity index is 0. The summed E-state index contributed by atoms with van der Waals surface area (Å²) in [6, 6.07) is 1.47. The van der Waals surface area contributed by atoms with E-state index in [-0.39, 0.29) is 35.9 Å². The molecule has 0 unspecified atom stereocenters. The molecule has 0 amide bonds. The second kappa shape index (κ2) is 4.21. The van der Waals surface area contributed by atoms with Crippen molar-refractivity contribution >= 4 is 21.5 Å². The molecule has 3 nitrogen and oxygen atoms in total. The minimum Gasteiger partial charge on any atom is -1.00 e. The molecular formula is C6H9NaO3S2. The van der Waals surface area contributed by atoms with Gasteiger partial charge in [0.2, 0.25) is 0 Å². The molecule has 6 heteroatoms. The van der Waals surface area contributed by atoms with E-state index in [9.17, 15) is 8.42 Å². The van der Waals surface area contributed by atoms with E-state index in [1.54, 1.807) is 13.8 Å². The molecule has 0 aromatic carbocycles. The van der Waals surface area contributed by atoms with Gasteiger partial charge in [-0.25, -0.2) is 0 Å². The molecule has 1 aromatic heterocycles. The van der Waals surface area contributed by atoms with Crippen molar-refractivity contribution in [2.24, 2.45) is 0 Å². The van der Waals surface area contributed by atoms with E-state index >= 15 is 0 Å². The third-order valence-electron chi connectivity index (χ3n) is 1.27. The van der Waals surface area contributed by atoms with E-state index in [2.05, 4.69) is 0 Å². The van der Waals surface area contributed by atoms with Gasteiger partial charge in [-0.1, -0.05) is 0 Å². The molecule has 0 aliphatic heterocycles. The van der Waals surface area contributed by atoms with E-state index in [4.69, 9.17) is 4.55 Å². The largest absolute Gasteiger partial charge is 1.00 e. The molecular weight excluding hydrogens is 207 g/mol. The molecule has 0 atom stereocenters. The standard InChI is InChI=1S/C6H8O3S2.Na.H/c1-4-3-6(5(2)10-4)11(7,8)9;;/h3H,1-2H3,(H,7,8,9);;/q;+1;-1. The van der Waals surface area contributed by atoms with Crippen molar-refractivity contribution in [1.82, 2.24) is 0 Å². The number of thiophene rings is 1. The monoisotopic (exact) mass is 216 g/mol. The first kappa shape index (κ1) is 12.6. The third-order valence-corrected chi connectivity index (χ3v) is 3.35. The topological polar surface area (TPSA) is 54.4 Å². The number of hydrogen-bond donors (Lipinski definition) is 1. The van der Waals surface area contributed by atoms with Gasteiger partial charge in [0.05, 0.1) is 0 Å². The quantitative estimate of drug-likeness (QED) is 0.470. The van der Waals surface area contributed by atoms with Crippen molar-refractivity contribution in [3.8, 4) is 0 Å². The van der Waals surface area contributed by atoms with Gasteiger partial charge in [0.15, 0.2) is 0 Å². The van der Waals surface area contributed by atoms with E-state index in [1.165, 1.54) is 17.4 Å². The summed E-state index contributed by atoms with van der Waals surface area (Å²) in [6.45, 7) is 3.47. The summed E-state index contributed by atoms with van der Waals surface area (Å²) in [6.07, 6.45) is 0. The van der Waals surface area contributed by atoms with Crippen LogP contribution in [0, 0.1) is 13.8 Å². The van der Waals surface area contributed by atoms with Gasteiger partial charge in [-0.05, 0) is 19.9 Å². The maximum absolute atomic E-state index is 10.6. The van der Waals surface area contributed by atoms with Gasteiger partial charge in [-0.3, -0.25) is 4.55 Å². The Labute approximate surface area is 99.3 Å². The Bertz CT molecular complexity index is 371. The molecule has 1 aromatic rings. The van der Waals surface area contributed by atoms with Gasteiger partial charge in [-0.15, -0.1) is 11.3 Å². The molecule has 64 valence electrons. The van der Waals surface area contributed by atoms with E-state index in [0.29, 0.717) is 4.88 Å². The van der Waals surface area contributed by atoms with Crippen LogP contribution in [0.2, 0.25) is 0 Å². The van der Waals surface area contributed by atoms with Crippen LogP contribution in [0.5, 0.6) is 0 Å². The van der Waals surface area contributed by atoms with Gasteiger partial charge < -0.3 is 1.43 Å². The first-order chi connectivity index (χ1) is 4.91. The summed E-state index contributed by atoms with van der Waals surface area (Å²) in [7, 11) is -4.00. The van der Waals surface area contributed by atoms with E-state index in [1.807, 2.05) is 0 Å². The van der Waals surface area contributed by atoms with Crippen molar-refractivity contribution in [3.05, 3.63) is 15.8 Å². The maximum atomic E-state index is 10.6. The SMILES string of the molecule is Cc1cc(S(=O)(=O)O)c(C)s1.[H-].[Na+]. The van der Waals surface area contributed by atoms with Crippen molar-refractivity contribution in [1.29, 1.82) is 0 Å². The average Bonchev–Trinajstić information content (AvgIpc) is 2.08. The Kier molecular flexibility index (Phi) is 4.43. The summed E-state index contributed by atoms with van der Waals surface area (Å²) in [5.41, 5.74) is 0. The first-order valence-corrected chi connectivity index (χ1v) is 5.21. The number of aryl methyl sites for hydroxylation is 2. The van der Waals surface area contributed by atoms with Gasteiger partial charge in [0.1, 0.15) is 4.90 Å². The molecule has 1 N–H and O–H groups in total. The Hall–Kier alpha value is 0.610. The number of hydrogen-bond acceptors (Lipinski definition) is 3. The fourth-order valence-electron chi connectivity index (χ4n) is 0.864. The van der Waals surface area contributed by atoms with Crippen LogP contribution in [-0.4, -0.2) is 13.0 Å². The Morgan fingerprint density at radius 1 is 1.50 bits per heavy atom. The summed E-state index contributed by atoms with van der Waals surface area (Å²) in [5, 5.41) is 0. The molecule has 0 aliphatic rings. The molecule has 0 saturated carbocycles. The Morgan fingerprint density at radius 2 is 2.00 bits per heavy atom. The maximum Gasteiger partial charge on any atom is 1.00 e. The smallest absolute Gasteiger partial charge is 1.00 e. The molecule has 0 spiro atoms. The zero-order valence-corrected chi connectivity index (χ0v) is 10.8. The second-order valence-corrected chi connectivity index (χ2v) is 5.10. The minimum absolute atomic E-state index is 0. The predicted octanol–water partition coefficient (Wildman–Crippen LogP) is -1.27. The zero-order chi connectivity index (χ0) is 8.65. The van der Waals surface area contributed by atoms with Crippen LogP contribution in [0.1, 0.15) is 11.2 Å². The van der Waals surface area contributed by atoms with Crippen LogP contribution < -0.4 is 29.6 Å². The van der Waals surface area contributed by atoms with Crippen molar-refractivity contribution in [3.63, 3.8) is 0 Å². The van der Waals surface area contributed by atoms with Crippen LogP contribution in [0.15, 0.2) is 11.0 Å². The van der Waals surface area contributed by atoms with Gasteiger partial charge in [0.25, 0.3) is 10.1 Å². The van der Waals surface area contributed by atoms with Gasteiger partial charge in [0, 0.05) is 9.75 Å². The van der Waals surface area contributed by atoms with Crippen LogP contribution in [-0.2, 0) is 10.1 Å². The average molecular weight is 216 g/mol. The predicted molar refractivity (Wildman–Crippen MR) is 44.7 cm³/mol. The fourth-order valence-corrected chi connectivity index (χ4v) is 2.89. The molecule has 0 saturated heterocycles. The third kappa shape index (κ3) is 2.83. The van der Waals surface area contributed by atoms with Crippen LogP contribution in [0.3, 0.4) is 0 Å². The van der Waals surface area contributed by atoms with Crippen LogP contribution in [0.25, 0.3) is 0 Å². The molecule has 12 heavy (non-hydrogen) atoms. The van der Waals surface area contributed by atoms with E-state index < -0.39 is 10.1 Å². The van der Waals surface area contributed by atoms with Crippen molar-refractivity contribution in [2.75, 3.05) is 0 Å². The fraction of sp³-hybridized carbons (Fsp3) is 0.333. The summed E-state index contributed by atoms with van der Waals surface area (Å²) in [4.78, 5) is 1.54. The van der Waals surface area contributed by atoms with Gasteiger partial charge in [-0.2, -0.15) is 8.42 Å². The number of rotatable bonds is 1. The molecule has 1 heterocycles. The molecule has 1 rings (SSSR count). The summed E-state index contributed by atoms with van der Waals surface area (Å²) < 4.78 is 29.9. The van der Waals surface area contributed by atoms with Crippen molar-refractivity contribution in [2.45, 2.75) is 18.7 Å². The normalized spacial score (nSPS) is 10.9. The molecule has 0 radical (unpaired) electrons. The van der Waals surface area contributed by atoms with Crippen molar-refractivity contribution < 1.29 is 44.0 Å². The summed E-state index contributed by atoms with van der Waals surface area (Å²) >= 11 is 1.36. The second-order valence-electron chi connectivity index (χ2n) is 2.25. The van der Waals surface area contributed by atoms with Gasteiger partial charge >= 0.3 is 29.6 Å².